The van der Waals surface area contributed by atoms with Crippen molar-refractivity contribution < 1.29 is 9.47 Å². The Labute approximate surface area is 108 Å². The first-order valence-electron chi connectivity index (χ1n) is 6.20. The van der Waals surface area contributed by atoms with Crippen LogP contribution in [0.2, 0.25) is 0 Å². The smallest absolute Gasteiger partial charge is 0.0716 e. The number of rotatable bonds is 5. The fourth-order valence-electron chi connectivity index (χ4n) is 2.03. The molecule has 1 heterocycles. The van der Waals surface area contributed by atoms with Gasteiger partial charge in [0.25, 0.3) is 0 Å². The molecule has 0 amide bonds. The van der Waals surface area contributed by atoms with Crippen LogP contribution in [0.15, 0.2) is 30.3 Å². The van der Waals surface area contributed by atoms with Crippen LogP contribution >= 0.6 is 11.6 Å². The van der Waals surface area contributed by atoms with Crippen LogP contribution in [-0.4, -0.2) is 25.2 Å². The monoisotopic (exact) mass is 254 g/mol. The van der Waals surface area contributed by atoms with Crippen LogP contribution < -0.4 is 0 Å². The van der Waals surface area contributed by atoms with Gasteiger partial charge in [-0.1, -0.05) is 30.3 Å². The highest BCUT2D eigenvalue weighted by atomic mass is 35.5. The Morgan fingerprint density at radius 3 is 2.88 bits per heavy atom. The van der Waals surface area contributed by atoms with Crippen molar-refractivity contribution in [1.29, 1.82) is 0 Å². The molecule has 0 aliphatic carbocycles. The first-order chi connectivity index (χ1) is 8.36. The zero-order chi connectivity index (χ0) is 11.9. The number of hydrogen-bond donors (Lipinski definition) is 0. The lowest BCUT2D eigenvalue weighted by Gasteiger charge is -2.26. The van der Waals surface area contributed by atoms with Crippen LogP contribution in [0.3, 0.4) is 0 Å². The van der Waals surface area contributed by atoms with Crippen molar-refractivity contribution in [1.82, 2.24) is 0 Å². The summed E-state index contributed by atoms with van der Waals surface area (Å²) in [6, 6.07) is 10.2. The minimum atomic E-state index is 0.254. The van der Waals surface area contributed by atoms with Crippen molar-refractivity contribution >= 4 is 11.6 Å². The molecule has 1 aromatic rings. The van der Waals surface area contributed by atoms with E-state index in [0.29, 0.717) is 12.5 Å². The standard InChI is InChI=1S/C14H19ClO2/c15-14-7-9-17-11-13(14)6-8-16-10-12-4-2-1-3-5-12/h1-5,13-14H,6-11H2. The molecule has 2 atom stereocenters. The molecule has 17 heavy (non-hydrogen) atoms. The molecule has 0 bridgehead atoms. The summed E-state index contributed by atoms with van der Waals surface area (Å²) in [7, 11) is 0. The van der Waals surface area contributed by atoms with E-state index in [0.717, 1.165) is 32.7 Å². The molecule has 1 saturated heterocycles. The third-order valence-corrected chi connectivity index (χ3v) is 3.70. The van der Waals surface area contributed by atoms with Gasteiger partial charge in [-0.25, -0.2) is 0 Å². The molecule has 1 aliphatic rings. The topological polar surface area (TPSA) is 18.5 Å². The molecule has 1 aliphatic heterocycles. The van der Waals surface area contributed by atoms with Crippen molar-refractivity contribution in [3.05, 3.63) is 35.9 Å². The number of benzene rings is 1. The van der Waals surface area contributed by atoms with Gasteiger partial charge < -0.3 is 9.47 Å². The normalized spacial score (nSPS) is 24.8. The summed E-state index contributed by atoms with van der Waals surface area (Å²) in [6.45, 7) is 3.02. The SMILES string of the molecule is ClC1CCOCC1CCOCc1ccccc1. The second-order valence-electron chi connectivity index (χ2n) is 4.47. The van der Waals surface area contributed by atoms with Crippen LogP contribution in [0, 0.1) is 5.92 Å². The summed E-state index contributed by atoms with van der Waals surface area (Å²) in [6.07, 6.45) is 1.95. The van der Waals surface area contributed by atoms with E-state index in [4.69, 9.17) is 21.1 Å². The summed E-state index contributed by atoms with van der Waals surface area (Å²) < 4.78 is 11.1. The highest BCUT2D eigenvalue weighted by Crippen LogP contribution is 2.23. The van der Waals surface area contributed by atoms with Gasteiger partial charge in [0.2, 0.25) is 0 Å². The van der Waals surface area contributed by atoms with Crippen molar-refractivity contribution in [2.45, 2.75) is 24.8 Å². The second-order valence-corrected chi connectivity index (χ2v) is 5.03. The van der Waals surface area contributed by atoms with Gasteiger partial charge >= 0.3 is 0 Å². The molecular weight excluding hydrogens is 236 g/mol. The highest BCUT2D eigenvalue weighted by Gasteiger charge is 2.23. The Morgan fingerprint density at radius 2 is 2.12 bits per heavy atom. The predicted molar refractivity (Wildman–Crippen MR) is 69.3 cm³/mol. The van der Waals surface area contributed by atoms with E-state index in [1.54, 1.807) is 0 Å². The van der Waals surface area contributed by atoms with Gasteiger partial charge in [0.15, 0.2) is 0 Å². The van der Waals surface area contributed by atoms with Crippen molar-refractivity contribution in [2.75, 3.05) is 19.8 Å². The maximum absolute atomic E-state index is 6.24. The molecule has 0 saturated carbocycles. The Morgan fingerprint density at radius 1 is 1.29 bits per heavy atom. The third-order valence-electron chi connectivity index (χ3n) is 3.13. The van der Waals surface area contributed by atoms with Crippen LogP contribution in [0.25, 0.3) is 0 Å². The molecular formula is C14H19ClO2. The van der Waals surface area contributed by atoms with Gasteiger partial charge in [-0.15, -0.1) is 11.6 Å². The molecule has 3 heteroatoms. The first-order valence-corrected chi connectivity index (χ1v) is 6.63. The van der Waals surface area contributed by atoms with Crippen molar-refractivity contribution in [3.8, 4) is 0 Å². The van der Waals surface area contributed by atoms with Gasteiger partial charge in [0.1, 0.15) is 0 Å². The molecule has 0 radical (unpaired) electrons. The van der Waals surface area contributed by atoms with Crippen molar-refractivity contribution in [2.24, 2.45) is 5.92 Å². The Hall–Kier alpha value is -0.570. The van der Waals surface area contributed by atoms with Gasteiger partial charge in [-0.2, -0.15) is 0 Å². The van der Waals surface area contributed by atoms with Gasteiger partial charge in [-0.3, -0.25) is 0 Å². The first kappa shape index (κ1) is 12.9. The minimum Gasteiger partial charge on any atom is -0.381 e. The van der Waals surface area contributed by atoms with E-state index in [1.807, 2.05) is 18.2 Å². The summed E-state index contributed by atoms with van der Waals surface area (Å²) in [5.41, 5.74) is 1.22. The largest absolute Gasteiger partial charge is 0.381 e. The van der Waals surface area contributed by atoms with Crippen LogP contribution in [0.4, 0.5) is 0 Å². The van der Waals surface area contributed by atoms with Gasteiger partial charge in [-0.05, 0) is 18.4 Å². The maximum Gasteiger partial charge on any atom is 0.0716 e. The Bertz CT molecular complexity index is 315. The molecule has 0 N–H and O–H groups in total. The predicted octanol–water partition coefficient (Wildman–Crippen LogP) is 3.24. The summed E-state index contributed by atoms with van der Waals surface area (Å²) in [5, 5.41) is 0.254. The van der Waals surface area contributed by atoms with Gasteiger partial charge in [0.05, 0.1) is 13.2 Å². The molecule has 0 spiro atoms. The Kier molecular flexibility index (Phi) is 5.30. The van der Waals surface area contributed by atoms with E-state index in [1.165, 1.54) is 5.56 Å². The summed E-state index contributed by atoms with van der Waals surface area (Å²) >= 11 is 6.24. The molecule has 1 fully saturated rings. The average Bonchev–Trinajstić information content (AvgIpc) is 2.38. The zero-order valence-corrected chi connectivity index (χ0v) is 10.7. The zero-order valence-electron chi connectivity index (χ0n) is 9.98. The fourth-order valence-corrected chi connectivity index (χ4v) is 2.32. The molecule has 2 nitrogen and oxygen atoms in total. The molecule has 1 aromatic carbocycles. The van der Waals surface area contributed by atoms with E-state index in [2.05, 4.69) is 12.1 Å². The molecule has 2 rings (SSSR count). The number of ether oxygens (including phenoxy) is 2. The van der Waals surface area contributed by atoms with E-state index >= 15 is 0 Å². The lowest BCUT2D eigenvalue weighted by molar-refractivity contribution is 0.0340. The molecule has 0 aromatic heterocycles. The number of hydrogen-bond acceptors (Lipinski definition) is 2. The summed E-state index contributed by atoms with van der Waals surface area (Å²) in [4.78, 5) is 0. The quantitative estimate of drug-likeness (QED) is 0.593. The highest BCUT2D eigenvalue weighted by molar-refractivity contribution is 6.20. The second kappa shape index (κ2) is 7.00. The lowest BCUT2D eigenvalue weighted by Crippen LogP contribution is -2.29. The molecule has 94 valence electrons. The lowest BCUT2D eigenvalue weighted by atomic mass is 9.98. The number of halogens is 1. The minimum absolute atomic E-state index is 0.254. The average molecular weight is 255 g/mol. The number of alkyl halides is 1. The van der Waals surface area contributed by atoms with Crippen molar-refractivity contribution in [3.63, 3.8) is 0 Å². The van der Waals surface area contributed by atoms with Gasteiger partial charge in [0, 0.05) is 24.5 Å². The maximum atomic E-state index is 6.24. The fraction of sp³-hybridized carbons (Fsp3) is 0.571. The summed E-state index contributed by atoms with van der Waals surface area (Å²) in [5.74, 6) is 0.446. The Balaban J connectivity index is 1.63. The van der Waals surface area contributed by atoms with E-state index < -0.39 is 0 Å². The third kappa shape index (κ3) is 4.30. The van der Waals surface area contributed by atoms with E-state index in [9.17, 15) is 0 Å². The van der Waals surface area contributed by atoms with Crippen LogP contribution in [0.1, 0.15) is 18.4 Å². The molecule has 2 unspecified atom stereocenters. The van der Waals surface area contributed by atoms with Crippen LogP contribution in [0.5, 0.6) is 0 Å². The van der Waals surface area contributed by atoms with E-state index in [-0.39, 0.29) is 5.38 Å². The van der Waals surface area contributed by atoms with Crippen LogP contribution in [-0.2, 0) is 16.1 Å².